The van der Waals surface area contributed by atoms with Gasteiger partial charge in [0.15, 0.2) is 0 Å². The molecule has 1 amide bonds. The summed E-state index contributed by atoms with van der Waals surface area (Å²) in [4.78, 5) is 14.5. The number of carbonyl (C=O) groups is 1. The summed E-state index contributed by atoms with van der Waals surface area (Å²) in [5.74, 6) is 1.33. The third kappa shape index (κ3) is 4.56. The van der Waals surface area contributed by atoms with Crippen LogP contribution in [0, 0.1) is 0 Å². The molecule has 3 aliphatic rings. The van der Waals surface area contributed by atoms with Crippen LogP contribution in [0.3, 0.4) is 0 Å². The average Bonchev–Trinajstić information content (AvgIpc) is 2.76. The first-order valence-corrected chi connectivity index (χ1v) is 10.3. The average molecular weight is 341 g/mol. The molecule has 1 N–H and O–H groups in total. The lowest BCUT2D eigenvalue weighted by Gasteiger charge is -2.40. The van der Waals surface area contributed by atoms with Crippen molar-refractivity contribution in [3.05, 3.63) is 0 Å². The lowest BCUT2D eigenvalue weighted by atomic mass is 9.97. The highest BCUT2D eigenvalue weighted by Gasteiger charge is 2.44. The maximum Gasteiger partial charge on any atom is 0.410 e. The Hall–Kier alpha value is -0.420. The van der Waals surface area contributed by atoms with Crippen LogP contribution in [0.1, 0.15) is 65.7 Å². The standard InChI is InChI=1S/C18H32N2O2S/c1-18(2,3)22-17(21)20-14-7-8-15(20)11-13(10-14)19-12-16-6-4-5-9-23-16/h13-16,19H,4-12H2,1-3H3. The fourth-order valence-corrected chi connectivity index (χ4v) is 5.47. The Morgan fingerprint density at radius 1 is 1.17 bits per heavy atom. The minimum Gasteiger partial charge on any atom is -0.444 e. The van der Waals surface area contributed by atoms with E-state index < -0.39 is 5.60 Å². The Morgan fingerprint density at radius 3 is 2.43 bits per heavy atom. The summed E-state index contributed by atoms with van der Waals surface area (Å²) < 4.78 is 5.61. The molecule has 2 bridgehead atoms. The topological polar surface area (TPSA) is 41.6 Å². The zero-order valence-electron chi connectivity index (χ0n) is 14.8. The van der Waals surface area contributed by atoms with Gasteiger partial charge in [-0.15, -0.1) is 0 Å². The van der Waals surface area contributed by atoms with Crippen molar-refractivity contribution in [2.24, 2.45) is 0 Å². The van der Waals surface area contributed by atoms with Crippen LogP contribution in [0.15, 0.2) is 0 Å². The largest absolute Gasteiger partial charge is 0.444 e. The van der Waals surface area contributed by atoms with Gasteiger partial charge in [0.2, 0.25) is 0 Å². The number of rotatable bonds is 3. The highest BCUT2D eigenvalue weighted by atomic mass is 32.2. The summed E-state index contributed by atoms with van der Waals surface area (Å²) in [5, 5.41) is 4.60. The van der Waals surface area contributed by atoms with E-state index in [0.717, 1.165) is 37.5 Å². The highest BCUT2D eigenvalue weighted by Crippen LogP contribution is 2.37. The van der Waals surface area contributed by atoms with Crippen molar-refractivity contribution in [2.75, 3.05) is 12.3 Å². The molecule has 5 heteroatoms. The van der Waals surface area contributed by atoms with Gasteiger partial charge < -0.3 is 15.0 Å². The van der Waals surface area contributed by atoms with Crippen LogP contribution in [0.25, 0.3) is 0 Å². The number of amides is 1. The van der Waals surface area contributed by atoms with E-state index in [1.54, 1.807) is 0 Å². The Balaban J connectivity index is 1.49. The molecule has 0 aromatic rings. The second kappa shape index (κ2) is 7.22. The van der Waals surface area contributed by atoms with Gasteiger partial charge in [0, 0.05) is 29.9 Å². The van der Waals surface area contributed by atoms with E-state index in [9.17, 15) is 4.79 Å². The SMILES string of the molecule is CC(C)(C)OC(=O)N1C2CCC1CC(NCC1CCCCS1)C2. The van der Waals surface area contributed by atoms with Crippen molar-refractivity contribution in [2.45, 2.75) is 94.7 Å². The summed E-state index contributed by atoms with van der Waals surface area (Å²) in [6.45, 7) is 6.98. The van der Waals surface area contributed by atoms with E-state index in [2.05, 4.69) is 17.1 Å². The third-order valence-corrected chi connectivity index (χ3v) is 6.64. The fourth-order valence-electron chi connectivity index (χ4n) is 4.22. The fraction of sp³-hybridized carbons (Fsp3) is 0.944. The van der Waals surface area contributed by atoms with Crippen molar-refractivity contribution >= 4 is 17.9 Å². The molecule has 23 heavy (non-hydrogen) atoms. The third-order valence-electron chi connectivity index (χ3n) is 5.25. The lowest BCUT2D eigenvalue weighted by Crippen LogP contribution is -2.53. The van der Waals surface area contributed by atoms with Gasteiger partial charge in [-0.05, 0) is 65.0 Å². The minimum absolute atomic E-state index is 0.105. The Kier molecular flexibility index (Phi) is 5.46. The zero-order chi connectivity index (χ0) is 16.4. The van der Waals surface area contributed by atoms with Crippen LogP contribution < -0.4 is 5.32 Å². The second-order valence-electron chi connectivity index (χ2n) is 8.34. The van der Waals surface area contributed by atoms with E-state index >= 15 is 0 Å². The van der Waals surface area contributed by atoms with Crippen LogP contribution in [-0.4, -0.2) is 52.3 Å². The van der Waals surface area contributed by atoms with Crippen LogP contribution in [0.4, 0.5) is 4.79 Å². The Morgan fingerprint density at radius 2 is 1.87 bits per heavy atom. The van der Waals surface area contributed by atoms with E-state index in [4.69, 9.17) is 4.74 Å². The van der Waals surface area contributed by atoms with Crippen molar-refractivity contribution in [1.29, 1.82) is 0 Å². The van der Waals surface area contributed by atoms with Crippen LogP contribution >= 0.6 is 11.8 Å². The van der Waals surface area contributed by atoms with Crippen LogP contribution in [0.5, 0.6) is 0 Å². The Labute approximate surface area is 145 Å². The molecular weight excluding hydrogens is 308 g/mol. The number of hydrogen-bond acceptors (Lipinski definition) is 4. The molecular formula is C18H32N2O2S. The smallest absolute Gasteiger partial charge is 0.410 e. The first-order chi connectivity index (χ1) is 10.9. The van der Waals surface area contributed by atoms with Gasteiger partial charge in [0.1, 0.15) is 5.60 Å². The molecule has 3 fully saturated rings. The van der Waals surface area contributed by atoms with E-state index in [-0.39, 0.29) is 6.09 Å². The molecule has 0 radical (unpaired) electrons. The number of carbonyl (C=O) groups excluding carboxylic acids is 1. The van der Waals surface area contributed by atoms with Gasteiger partial charge in [-0.1, -0.05) is 6.42 Å². The van der Waals surface area contributed by atoms with Crippen molar-refractivity contribution in [3.8, 4) is 0 Å². The molecule has 3 heterocycles. The van der Waals surface area contributed by atoms with Gasteiger partial charge in [0.05, 0.1) is 0 Å². The van der Waals surface area contributed by atoms with Crippen molar-refractivity contribution in [1.82, 2.24) is 10.2 Å². The lowest BCUT2D eigenvalue weighted by molar-refractivity contribution is 0.00476. The number of piperidine rings is 1. The number of thioether (sulfide) groups is 1. The number of nitrogens with zero attached hydrogens (tertiary/aromatic N) is 1. The number of hydrogen-bond donors (Lipinski definition) is 1. The minimum atomic E-state index is -0.399. The molecule has 3 saturated heterocycles. The number of ether oxygens (including phenoxy) is 1. The van der Waals surface area contributed by atoms with E-state index in [1.807, 2.05) is 25.7 Å². The molecule has 3 rings (SSSR count). The summed E-state index contributed by atoms with van der Waals surface area (Å²) in [6.07, 6.45) is 8.50. The van der Waals surface area contributed by atoms with Gasteiger partial charge in [0.25, 0.3) is 0 Å². The van der Waals surface area contributed by atoms with Crippen molar-refractivity contribution in [3.63, 3.8) is 0 Å². The maximum atomic E-state index is 12.5. The monoisotopic (exact) mass is 340 g/mol. The maximum absolute atomic E-state index is 12.5. The quantitative estimate of drug-likeness (QED) is 0.849. The number of fused-ring (bicyclic) bond motifs is 2. The van der Waals surface area contributed by atoms with E-state index in [1.165, 1.54) is 25.0 Å². The van der Waals surface area contributed by atoms with Crippen molar-refractivity contribution < 1.29 is 9.53 Å². The molecule has 0 aromatic heterocycles. The molecule has 4 nitrogen and oxygen atoms in total. The molecule has 0 aliphatic carbocycles. The second-order valence-corrected chi connectivity index (χ2v) is 9.75. The van der Waals surface area contributed by atoms with Gasteiger partial charge in [-0.2, -0.15) is 11.8 Å². The summed E-state index contributed by atoms with van der Waals surface area (Å²) >= 11 is 2.13. The molecule has 132 valence electrons. The first kappa shape index (κ1) is 17.4. The van der Waals surface area contributed by atoms with Crippen LogP contribution in [0.2, 0.25) is 0 Å². The predicted molar refractivity (Wildman–Crippen MR) is 96.0 cm³/mol. The van der Waals surface area contributed by atoms with Gasteiger partial charge >= 0.3 is 6.09 Å². The molecule has 0 saturated carbocycles. The molecule has 3 unspecified atom stereocenters. The zero-order valence-corrected chi connectivity index (χ0v) is 15.7. The summed E-state index contributed by atoms with van der Waals surface area (Å²) in [7, 11) is 0. The summed E-state index contributed by atoms with van der Waals surface area (Å²) in [5.41, 5.74) is -0.399. The predicted octanol–water partition coefficient (Wildman–Crippen LogP) is 3.79. The molecule has 3 aliphatic heterocycles. The number of nitrogens with one attached hydrogen (secondary N) is 1. The molecule has 0 spiro atoms. The molecule has 0 aromatic carbocycles. The molecule has 3 atom stereocenters. The first-order valence-electron chi connectivity index (χ1n) is 9.28. The normalized spacial score (nSPS) is 34.5. The van der Waals surface area contributed by atoms with Gasteiger partial charge in [-0.25, -0.2) is 4.79 Å². The Bertz CT molecular complexity index is 404. The summed E-state index contributed by atoms with van der Waals surface area (Å²) in [6, 6.07) is 1.33. The van der Waals surface area contributed by atoms with E-state index in [0.29, 0.717) is 18.1 Å². The van der Waals surface area contributed by atoms with Gasteiger partial charge in [-0.3, -0.25) is 0 Å². The van der Waals surface area contributed by atoms with Crippen LogP contribution in [-0.2, 0) is 4.74 Å². The highest BCUT2D eigenvalue weighted by molar-refractivity contribution is 7.99.